The molecule has 0 amide bonds. The van der Waals surface area contributed by atoms with Gasteiger partial charge in [0, 0.05) is 38.7 Å². The van der Waals surface area contributed by atoms with E-state index < -0.39 is 5.41 Å². The van der Waals surface area contributed by atoms with Gasteiger partial charge >= 0.3 is 0 Å². The first-order valence-corrected chi connectivity index (χ1v) is 19.4. The summed E-state index contributed by atoms with van der Waals surface area (Å²) in [7, 11) is 0. The van der Waals surface area contributed by atoms with Crippen LogP contribution in [0.2, 0.25) is 0 Å². The molecule has 56 heavy (non-hydrogen) atoms. The van der Waals surface area contributed by atoms with Crippen LogP contribution in [0.15, 0.2) is 194 Å². The summed E-state index contributed by atoms with van der Waals surface area (Å²) in [5.41, 5.74) is 13.9. The number of hydrogen-bond donors (Lipinski definition) is 0. The summed E-state index contributed by atoms with van der Waals surface area (Å²) >= 11 is 0. The zero-order valence-electron chi connectivity index (χ0n) is 30.3. The standard InChI is InChI=1S/C53H32N2O/c1-2-14-36-33(13-1)25-31-47-50(36)51-48(55(47)35-28-26-34(27-29-35)54-45-22-10-5-17-39(45)40-18-6-11-23-46(40)54)32-30-44-52(51)56-49-24-12-9-21-43(49)53(44)41-19-7-3-15-37(41)38-16-4-8-20-42(38)53/h1-32H. The molecule has 2 aromatic heterocycles. The summed E-state index contributed by atoms with van der Waals surface area (Å²) in [6, 6.07) is 71.0. The van der Waals surface area contributed by atoms with Gasteiger partial charge in [-0.3, -0.25) is 0 Å². The second-order valence-corrected chi connectivity index (χ2v) is 15.2. The maximum atomic E-state index is 7.25. The molecule has 0 saturated heterocycles. The molecule has 0 unspecified atom stereocenters. The van der Waals surface area contributed by atoms with Gasteiger partial charge in [-0.2, -0.15) is 0 Å². The van der Waals surface area contributed by atoms with E-state index in [9.17, 15) is 0 Å². The van der Waals surface area contributed by atoms with Gasteiger partial charge in [0.15, 0.2) is 0 Å². The van der Waals surface area contributed by atoms with Crippen LogP contribution in [0.4, 0.5) is 0 Å². The Bertz CT molecular complexity index is 3360. The largest absolute Gasteiger partial charge is 0.456 e. The molecule has 0 fully saturated rings. The second-order valence-electron chi connectivity index (χ2n) is 15.2. The topological polar surface area (TPSA) is 19.1 Å². The first kappa shape index (κ1) is 30.0. The van der Waals surface area contributed by atoms with Gasteiger partial charge in [-0.1, -0.05) is 140 Å². The molecule has 9 aromatic carbocycles. The average Bonchev–Trinajstić information content (AvgIpc) is 3.89. The van der Waals surface area contributed by atoms with Crippen LogP contribution in [0.1, 0.15) is 22.3 Å². The first-order chi connectivity index (χ1) is 27.8. The number of aromatic nitrogens is 2. The van der Waals surface area contributed by atoms with Gasteiger partial charge in [-0.15, -0.1) is 0 Å². The highest BCUT2D eigenvalue weighted by Gasteiger charge is 2.51. The van der Waals surface area contributed by atoms with E-state index >= 15 is 0 Å². The number of fused-ring (bicyclic) bond motifs is 18. The molecule has 3 nitrogen and oxygen atoms in total. The van der Waals surface area contributed by atoms with E-state index in [1.807, 2.05) is 0 Å². The van der Waals surface area contributed by atoms with Crippen LogP contribution in [-0.4, -0.2) is 9.13 Å². The minimum absolute atomic E-state index is 0.533. The summed E-state index contributed by atoms with van der Waals surface area (Å²) in [4.78, 5) is 0. The van der Waals surface area contributed by atoms with Gasteiger partial charge in [0.2, 0.25) is 0 Å². The molecular formula is C53H32N2O. The van der Waals surface area contributed by atoms with E-state index in [2.05, 4.69) is 203 Å². The molecule has 13 rings (SSSR count). The predicted octanol–water partition coefficient (Wildman–Crippen LogP) is 13.5. The fourth-order valence-corrected chi connectivity index (χ4v) is 10.4. The Balaban J connectivity index is 1.12. The average molecular weight is 713 g/mol. The number of hydrogen-bond acceptors (Lipinski definition) is 1. The molecule has 0 saturated carbocycles. The zero-order chi connectivity index (χ0) is 36.5. The predicted molar refractivity (Wildman–Crippen MR) is 230 cm³/mol. The van der Waals surface area contributed by atoms with Crippen molar-refractivity contribution in [1.82, 2.24) is 9.13 Å². The summed E-state index contributed by atoms with van der Waals surface area (Å²) in [6.45, 7) is 0. The van der Waals surface area contributed by atoms with Gasteiger partial charge < -0.3 is 13.9 Å². The van der Waals surface area contributed by atoms with E-state index in [-0.39, 0.29) is 0 Å². The molecule has 1 aliphatic carbocycles. The molecule has 1 aliphatic heterocycles. The summed E-state index contributed by atoms with van der Waals surface area (Å²) in [5, 5.41) is 7.29. The van der Waals surface area contributed by atoms with Gasteiger partial charge in [0.1, 0.15) is 11.5 Å². The Labute approximate surface area is 322 Å². The highest BCUT2D eigenvalue weighted by Crippen LogP contribution is 2.63. The fourth-order valence-electron chi connectivity index (χ4n) is 10.4. The Hall–Kier alpha value is -7.36. The molecule has 11 aromatic rings. The molecule has 260 valence electrons. The first-order valence-electron chi connectivity index (χ1n) is 19.4. The third kappa shape index (κ3) is 3.67. The summed E-state index contributed by atoms with van der Waals surface area (Å²) in [5.74, 6) is 1.82. The molecule has 1 spiro atoms. The minimum atomic E-state index is -0.533. The van der Waals surface area contributed by atoms with Crippen LogP contribution in [0, 0.1) is 0 Å². The lowest BCUT2D eigenvalue weighted by molar-refractivity contribution is 0.442. The van der Waals surface area contributed by atoms with Crippen molar-refractivity contribution in [3.63, 3.8) is 0 Å². The van der Waals surface area contributed by atoms with Gasteiger partial charge in [-0.05, 0) is 87.6 Å². The zero-order valence-corrected chi connectivity index (χ0v) is 30.3. The number of nitrogens with zero attached hydrogens (tertiary/aromatic N) is 2. The Morgan fingerprint density at radius 1 is 0.339 bits per heavy atom. The molecule has 2 aliphatic rings. The van der Waals surface area contributed by atoms with Crippen LogP contribution in [-0.2, 0) is 5.41 Å². The second kappa shape index (κ2) is 10.9. The van der Waals surface area contributed by atoms with Gasteiger partial charge in [0.05, 0.1) is 32.9 Å². The van der Waals surface area contributed by atoms with Crippen molar-refractivity contribution in [3.8, 4) is 34.0 Å². The third-order valence-electron chi connectivity index (χ3n) is 12.6. The molecule has 3 heteroatoms. The van der Waals surface area contributed by atoms with E-state index in [0.717, 1.165) is 39.3 Å². The maximum Gasteiger partial charge on any atom is 0.142 e. The summed E-state index contributed by atoms with van der Waals surface area (Å²) in [6.07, 6.45) is 0. The highest BCUT2D eigenvalue weighted by molar-refractivity contribution is 6.24. The number of para-hydroxylation sites is 3. The Kier molecular flexibility index (Phi) is 5.83. The fraction of sp³-hybridized carbons (Fsp3) is 0.0189. The molecule has 3 heterocycles. The quantitative estimate of drug-likeness (QED) is 0.175. The lowest BCUT2D eigenvalue weighted by Gasteiger charge is -2.39. The summed E-state index contributed by atoms with van der Waals surface area (Å²) < 4.78 is 12.1. The van der Waals surface area contributed by atoms with Crippen LogP contribution in [0.25, 0.3) is 76.9 Å². The van der Waals surface area contributed by atoms with Crippen molar-refractivity contribution in [2.75, 3.05) is 0 Å². The molecule has 0 radical (unpaired) electrons. The highest BCUT2D eigenvalue weighted by atomic mass is 16.5. The molecule has 0 N–H and O–H groups in total. The van der Waals surface area contributed by atoms with Gasteiger partial charge in [-0.25, -0.2) is 0 Å². The monoisotopic (exact) mass is 712 g/mol. The number of benzene rings is 9. The smallest absolute Gasteiger partial charge is 0.142 e. The molecule has 0 bridgehead atoms. The normalized spacial score (nSPS) is 13.6. The van der Waals surface area contributed by atoms with Crippen molar-refractivity contribution in [2.45, 2.75) is 5.41 Å². The van der Waals surface area contributed by atoms with E-state index in [1.165, 1.54) is 71.3 Å². The molecule has 0 atom stereocenters. The van der Waals surface area contributed by atoms with E-state index in [0.29, 0.717) is 0 Å². The maximum absolute atomic E-state index is 7.25. The number of ether oxygens (including phenoxy) is 1. The van der Waals surface area contributed by atoms with Crippen molar-refractivity contribution in [2.24, 2.45) is 0 Å². The van der Waals surface area contributed by atoms with Crippen molar-refractivity contribution in [3.05, 3.63) is 216 Å². The third-order valence-corrected chi connectivity index (χ3v) is 12.6. The van der Waals surface area contributed by atoms with Gasteiger partial charge in [0.25, 0.3) is 0 Å². The van der Waals surface area contributed by atoms with E-state index in [1.54, 1.807) is 0 Å². The Morgan fingerprint density at radius 3 is 1.52 bits per heavy atom. The van der Waals surface area contributed by atoms with Crippen molar-refractivity contribution in [1.29, 1.82) is 0 Å². The van der Waals surface area contributed by atoms with E-state index in [4.69, 9.17) is 4.74 Å². The van der Waals surface area contributed by atoms with Crippen LogP contribution in [0.3, 0.4) is 0 Å². The van der Waals surface area contributed by atoms with Crippen LogP contribution < -0.4 is 4.74 Å². The van der Waals surface area contributed by atoms with Crippen LogP contribution >= 0.6 is 0 Å². The number of rotatable bonds is 2. The van der Waals surface area contributed by atoms with Crippen molar-refractivity contribution >= 4 is 54.4 Å². The lowest BCUT2D eigenvalue weighted by atomic mass is 9.66. The van der Waals surface area contributed by atoms with Crippen molar-refractivity contribution < 1.29 is 4.74 Å². The Morgan fingerprint density at radius 2 is 0.839 bits per heavy atom. The SMILES string of the molecule is c1ccc2c(c1)Oc1c(ccc3c1c1c4ccccc4ccc1n3-c1ccc(-n3c4ccccc4c4ccccc43)cc1)C21c2ccccc2-c2ccccc21. The molecular weight excluding hydrogens is 681 g/mol. The minimum Gasteiger partial charge on any atom is -0.456 e. The van der Waals surface area contributed by atoms with Crippen LogP contribution in [0.5, 0.6) is 11.5 Å². The lowest BCUT2D eigenvalue weighted by Crippen LogP contribution is -2.32.